The quantitative estimate of drug-likeness (QED) is 0.514. The van der Waals surface area contributed by atoms with Crippen molar-refractivity contribution in [1.29, 1.82) is 0 Å². The Hall–Kier alpha value is 0.190. The number of hydrogen-bond acceptors (Lipinski definition) is 5. The fourth-order valence-corrected chi connectivity index (χ4v) is 1.57. The topological polar surface area (TPSA) is 58.9 Å². The highest BCUT2D eigenvalue weighted by Gasteiger charge is 2.35. The molecule has 0 aliphatic carbocycles. The predicted molar refractivity (Wildman–Crippen MR) is 46.2 cm³/mol. The number of rotatable bonds is 2. The van der Waals surface area contributed by atoms with Crippen LogP contribution in [0.2, 0.25) is 0 Å². The molecule has 72 valence electrons. The minimum Gasteiger partial charge on any atom is -0.390 e. The highest BCUT2D eigenvalue weighted by molar-refractivity contribution is 7.80. The van der Waals surface area contributed by atoms with Crippen LogP contribution in [0, 0.1) is 0 Å². The minimum atomic E-state index is -0.749. The molecular formula is C7H14O4S. The molecule has 2 N–H and O–H groups in total. The summed E-state index contributed by atoms with van der Waals surface area (Å²) in [6.45, 7) is 0. The molecule has 5 heteroatoms. The first-order chi connectivity index (χ1) is 5.69. The Kier molecular flexibility index (Phi) is 3.79. The van der Waals surface area contributed by atoms with Crippen molar-refractivity contribution in [3.05, 3.63) is 0 Å². The lowest BCUT2D eigenvalue weighted by molar-refractivity contribution is -0.250. The first-order valence-electron chi connectivity index (χ1n) is 3.84. The molecule has 1 saturated heterocycles. The third kappa shape index (κ3) is 2.11. The summed E-state index contributed by atoms with van der Waals surface area (Å²) >= 11 is 4.01. The number of hydrogen-bond donors (Lipinski definition) is 3. The Balaban J connectivity index is 2.50. The molecular weight excluding hydrogens is 180 g/mol. The van der Waals surface area contributed by atoms with E-state index in [0.717, 1.165) is 0 Å². The third-order valence-corrected chi connectivity index (χ3v) is 2.31. The van der Waals surface area contributed by atoms with Crippen LogP contribution in [-0.2, 0) is 9.47 Å². The zero-order valence-corrected chi connectivity index (χ0v) is 7.78. The van der Waals surface area contributed by atoms with E-state index in [1.54, 1.807) is 0 Å². The van der Waals surface area contributed by atoms with Gasteiger partial charge in [0, 0.05) is 19.3 Å². The molecule has 12 heavy (non-hydrogen) atoms. The zero-order chi connectivity index (χ0) is 9.14. The van der Waals surface area contributed by atoms with Crippen molar-refractivity contribution in [3.8, 4) is 0 Å². The van der Waals surface area contributed by atoms with Gasteiger partial charge in [0.15, 0.2) is 6.29 Å². The molecule has 4 nitrogen and oxygen atoms in total. The summed E-state index contributed by atoms with van der Waals surface area (Å²) in [5.41, 5.74) is 0. The van der Waals surface area contributed by atoms with Gasteiger partial charge in [0.2, 0.25) is 0 Å². The lowest BCUT2D eigenvalue weighted by Crippen LogP contribution is -2.48. The largest absolute Gasteiger partial charge is 0.390 e. The van der Waals surface area contributed by atoms with Crippen molar-refractivity contribution in [2.45, 2.75) is 31.0 Å². The van der Waals surface area contributed by atoms with Gasteiger partial charge in [-0.2, -0.15) is 12.6 Å². The maximum Gasteiger partial charge on any atom is 0.183 e. The van der Waals surface area contributed by atoms with Crippen molar-refractivity contribution in [2.75, 3.05) is 12.9 Å². The molecule has 1 fully saturated rings. The molecule has 0 aromatic rings. The van der Waals surface area contributed by atoms with Gasteiger partial charge in [-0.15, -0.1) is 0 Å². The normalized spacial score (nSPS) is 43.0. The first-order valence-corrected chi connectivity index (χ1v) is 4.47. The third-order valence-electron chi connectivity index (χ3n) is 1.95. The van der Waals surface area contributed by atoms with E-state index >= 15 is 0 Å². The van der Waals surface area contributed by atoms with Crippen molar-refractivity contribution < 1.29 is 19.7 Å². The second kappa shape index (κ2) is 4.43. The number of aliphatic hydroxyl groups excluding tert-OH is 2. The average molecular weight is 194 g/mol. The number of aliphatic hydroxyl groups is 2. The van der Waals surface area contributed by atoms with Gasteiger partial charge >= 0.3 is 0 Å². The van der Waals surface area contributed by atoms with Crippen molar-refractivity contribution in [2.24, 2.45) is 0 Å². The molecule has 4 unspecified atom stereocenters. The van der Waals surface area contributed by atoms with Crippen molar-refractivity contribution in [3.63, 3.8) is 0 Å². The maximum atomic E-state index is 9.36. The Labute approximate surface area is 76.9 Å². The standard InChI is InChI=1S/C7H14O4S/c1-10-7-5(9)2-4(8)6(3-12)11-7/h4-9,12H,2-3H2,1H3. The van der Waals surface area contributed by atoms with E-state index in [9.17, 15) is 10.2 Å². The summed E-state index contributed by atoms with van der Waals surface area (Å²) in [7, 11) is 1.46. The van der Waals surface area contributed by atoms with Crippen molar-refractivity contribution in [1.82, 2.24) is 0 Å². The Bertz CT molecular complexity index is 129. The van der Waals surface area contributed by atoms with E-state index in [0.29, 0.717) is 5.75 Å². The minimum absolute atomic E-state index is 0.281. The molecule has 0 amide bonds. The maximum absolute atomic E-state index is 9.36. The molecule has 0 aromatic carbocycles. The van der Waals surface area contributed by atoms with Crippen LogP contribution in [0.25, 0.3) is 0 Å². The first kappa shape index (κ1) is 10.3. The van der Waals surface area contributed by atoms with Crippen LogP contribution in [0.1, 0.15) is 6.42 Å². The van der Waals surface area contributed by atoms with Gasteiger partial charge in [-0.25, -0.2) is 0 Å². The molecule has 1 aliphatic rings. The van der Waals surface area contributed by atoms with E-state index in [-0.39, 0.29) is 12.5 Å². The summed E-state index contributed by atoms with van der Waals surface area (Å²) in [5.74, 6) is 0.424. The molecule has 1 heterocycles. The second-order valence-corrected chi connectivity index (χ2v) is 3.20. The van der Waals surface area contributed by atoms with Crippen LogP contribution in [0.15, 0.2) is 0 Å². The average Bonchev–Trinajstić information content (AvgIpc) is 2.05. The Morgan fingerprint density at radius 2 is 2.17 bits per heavy atom. The fourth-order valence-electron chi connectivity index (χ4n) is 1.24. The zero-order valence-electron chi connectivity index (χ0n) is 6.88. The molecule has 4 atom stereocenters. The van der Waals surface area contributed by atoms with Crippen LogP contribution in [-0.4, -0.2) is 47.7 Å². The summed E-state index contributed by atoms with van der Waals surface area (Å²) in [5, 5.41) is 18.7. The van der Waals surface area contributed by atoms with Crippen LogP contribution in [0.4, 0.5) is 0 Å². The van der Waals surface area contributed by atoms with Gasteiger partial charge in [-0.05, 0) is 0 Å². The highest BCUT2D eigenvalue weighted by Crippen LogP contribution is 2.21. The summed E-state index contributed by atoms with van der Waals surface area (Å²) in [4.78, 5) is 0. The van der Waals surface area contributed by atoms with Crippen LogP contribution >= 0.6 is 12.6 Å². The summed E-state index contributed by atoms with van der Waals surface area (Å²) in [6, 6.07) is 0. The van der Waals surface area contributed by atoms with Crippen molar-refractivity contribution >= 4 is 12.6 Å². The van der Waals surface area contributed by atoms with E-state index < -0.39 is 18.5 Å². The molecule has 0 spiro atoms. The lowest BCUT2D eigenvalue weighted by atomic mass is 10.0. The molecule has 1 aliphatic heterocycles. The van der Waals surface area contributed by atoms with E-state index in [2.05, 4.69) is 12.6 Å². The lowest BCUT2D eigenvalue weighted by Gasteiger charge is -2.35. The molecule has 0 bridgehead atoms. The number of methoxy groups -OCH3 is 1. The Morgan fingerprint density at radius 1 is 1.50 bits per heavy atom. The highest BCUT2D eigenvalue weighted by atomic mass is 32.1. The summed E-state index contributed by atoms with van der Waals surface area (Å²) in [6.07, 6.45) is -2.10. The molecule has 0 aromatic heterocycles. The predicted octanol–water partition coefficient (Wildman–Crippen LogP) is -0.601. The number of ether oxygens (including phenoxy) is 2. The van der Waals surface area contributed by atoms with Crippen LogP contribution < -0.4 is 0 Å². The Morgan fingerprint density at radius 3 is 2.67 bits per heavy atom. The van der Waals surface area contributed by atoms with E-state index in [1.807, 2.05) is 0 Å². The van der Waals surface area contributed by atoms with Crippen LogP contribution in [0.3, 0.4) is 0 Å². The van der Waals surface area contributed by atoms with Gasteiger partial charge in [0.05, 0.1) is 12.2 Å². The monoisotopic (exact) mass is 194 g/mol. The van der Waals surface area contributed by atoms with E-state index in [1.165, 1.54) is 7.11 Å². The number of thiol groups is 1. The second-order valence-electron chi connectivity index (χ2n) is 2.83. The van der Waals surface area contributed by atoms with Crippen LogP contribution in [0.5, 0.6) is 0 Å². The smallest absolute Gasteiger partial charge is 0.183 e. The van der Waals surface area contributed by atoms with Gasteiger partial charge < -0.3 is 19.7 Å². The van der Waals surface area contributed by atoms with Gasteiger partial charge in [0.1, 0.15) is 6.10 Å². The molecule has 1 rings (SSSR count). The van der Waals surface area contributed by atoms with E-state index in [4.69, 9.17) is 9.47 Å². The van der Waals surface area contributed by atoms with Gasteiger partial charge in [0.25, 0.3) is 0 Å². The molecule has 0 saturated carbocycles. The SMILES string of the molecule is COC1OC(CS)C(O)CC1O. The molecule has 0 radical (unpaired) electrons. The summed E-state index contributed by atoms with van der Waals surface area (Å²) < 4.78 is 10.1. The van der Waals surface area contributed by atoms with Gasteiger partial charge in [-0.3, -0.25) is 0 Å². The fraction of sp³-hybridized carbons (Fsp3) is 1.00. The van der Waals surface area contributed by atoms with Gasteiger partial charge in [-0.1, -0.05) is 0 Å².